The van der Waals surface area contributed by atoms with Crippen LogP contribution in [-0.4, -0.2) is 47.8 Å². The summed E-state index contributed by atoms with van der Waals surface area (Å²) in [5, 5.41) is 4.00. The van der Waals surface area contributed by atoms with Gasteiger partial charge in [-0.05, 0) is 25.3 Å². The first kappa shape index (κ1) is 17.6. The van der Waals surface area contributed by atoms with E-state index in [2.05, 4.69) is 16.2 Å². The monoisotopic (exact) mass is 343 g/mol. The fourth-order valence-corrected chi connectivity index (χ4v) is 3.21. The molecule has 0 spiro atoms. The Morgan fingerprint density at radius 1 is 1.36 bits per heavy atom. The summed E-state index contributed by atoms with van der Waals surface area (Å²) in [7, 11) is 1.66. The van der Waals surface area contributed by atoms with E-state index in [4.69, 9.17) is 9.26 Å². The Balaban J connectivity index is 1.51. The number of ether oxygens (including phenoxy) is 1. The zero-order chi connectivity index (χ0) is 17.6. The van der Waals surface area contributed by atoms with Crippen LogP contribution in [0.1, 0.15) is 41.6 Å². The molecule has 0 saturated carbocycles. The number of hydrogen-bond acceptors (Lipinski definition) is 5. The largest absolute Gasteiger partial charge is 0.384 e. The first-order chi connectivity index (χ1) is 12.2. The van der Waals surface area contributed by atoms with Crippen LogP contribution in [0.5, 0.6) is 0 Å². The van der Waals surface area contributed by atoms with Crippen LogP contribution >= 0.6 is 0 Å². The average Bonchev–Trinajstić information content (AvgIpc) is 3.09. The summed E-state index contributed by atoms with van der Waals surface area (Å²) in [6.45, 7) is 4.12. The standard InChI is InChI=1S/C19H25N3O3/c1-14-4-3-5-15(12-14)13-18(23)22-9-6-16(7-10-22)19-20-17(21-25-19)8-11-24-2/h3-5,12,16H,6-11,13H2,1-2H3. The number of benzene rings is 1. The zero-order valence-electron chi connectivity index (χ0n) is 14.9. The van der Waals surface area contributed by atoms with Crippen LogP contribution < -0.4 is 0 Å². The zero-order valence-corrected chi connectivity index (χ0v) is 14.9. The molecular formula is C19H25N3O3. The summed E-state index contributed by atoms with van der Waals surface area (Å²) in [6.07, 6.45) is 2.86. The van der Waals surface area contributed by atoms with Crippen molar-refractivity contribution in [2.24, 2.45) is 0 Å². The number of methoxy groups -OCH3 is 1. The van der Waals surface area contributed by atoms with Crippen LogP contribution in [0.25, 0.3) is 0 Å². The number of carbonyl (C=O) groups excluding carboxylic acids is 1. The molecule has 3 rings (SSSR count). The van der Waals surface area contributed by atoms with Crippen LogP contribution in [0, 0.1) is 6.92 Å². The minimum absolute atomic E-state index is 0.190. The van der Waals surface area contributed by atoms with Crippen molar-refractivity contribution in [3.8, 4) is 0 Å². The molecule has 0 aliphatic carbocycles. The average molecular weight is 343 g/mol. The van der Waals surface area contributed by atoms with Crippen molar-refractivity contribution in [2.75, 3.05) is 26.8 Å². The molecule has 0 atom stereocenters. The van der Waals surface area contributed by atoms with Crippen molar-refractivity contribution < 1.29 is 14.1 Å². The van der Waals surface area contributed by atoms with E-state index in [1.807, 2.05) is 30.0 Å². The smallest absolute Gasteiger partial charge is 0.229 e. The van der Waals surface area contributed by atoms with E-state index >= 15 is 0 Å². The molecule has 1 amide bonds. The number of amides is 1. The van der Waals surface area contributed by atoms with E-state index in [0.717, 1.165) is 31.5 Å². The summed E-state index contributed by atoms with van der Waals surface area (Å²) in [5.41, 5.74) is 2.26. The van der Waals surface area contributed by atoms with Crippen LogP contribution in [0.15, 0.2) is 28.8 Å². The van der Waals surface area contributed by atoms with Gasteiger partial charge in [-0.1, -0.05) is 35.0 Å². The fourth-order valence-electron chi connectivity index (χ4n) is 3.21. The number of hydrogen-bond donors (Lipinski definition) is 0. The van der Waals surface area contributed by atoms with Gasteiger partial charge in [0.1, 0.15) is 0 Å². The Kier molecular flexibility index (Phi) is 5.81. The number of piperidine rings is 1. The third kappa shape index (κ3) is 4.66. The molecule has 1 aromatic carbocycles. The molecule has 6 heteroatoms. The van der Waals surface area contributed by atoms with Crippen molar-refractivity contribution in [3.63, 3.8) is 0 Å². The topological polar surface area (TPSA) is 68.5 Å². The van der Waals surface area contributed by atoms with Crippen molar-refractivity contribution in [1.82, 2.24) is 15.0 Å². The number of nitrogens with zero attached hydrogens (tertiary/aromatic N) is 3. The van der Waals surface area contributed by atoms with Crippen molar-refractivity contribution in [3.05, 3.63) is 47.1 Å². The van der Waals surface area contributed by atoms with Gasteiger partial charge in [0.05, 0.1) is 13.0 Å². The van der Waals surface area contributed by atoms with Crippen molar-refractivity contribution in [1.29, 1.82) is 0 Å². The predicted molar refractivity (Wildman–Crippen MR) is 93.3 cm³/mol. The first-order valence-corrected chi connectivity index (χ1v) is 8.80. The van der Waals surface area contributed by atoms with Gasteiger partial charge < -0.3 is 14.2 Å². The third-order valence-electron chi connectivity index (χ3n) is 4.65. The number of aromatic nitrogens is 2. The molecule has 2 aromatic rings. The second kappa shape index (κ2) is 8.25. The fraction of sp³-hybridized carbons (Fsp3) is 0.526. The molecular weight excluding hydrogens is 318 g/mol. The lowest BCUT2D eigenvalue weighted by Crippen LogP contribution is -2.38. The van der Waals surface area contributed by atoms with Gasteiger partial charge in [0.15, 0.2) is 5.82 Å². The molecule has 25 heavy (non-hydrogen) atoms. The Morgan fingerprint density at radius 2 is 2.16 bits per heavy atom. The maximum Gasteiger partial charge on any atom is 0.229 e. The Morgan fingerprint density at radius 3 is 2.88 bits per heavy atom. The molecule has 1 aliphatic rings. The number of likely N-dealkylation sites (tertiary alicyclic amines) is 1. The quantitative estimate of drug-likeness (QED) is 0.806. The second-order valence-corrected chi connectivity index (χ2v) is 6.61. The van der Waals surface area contributed by atoms with Crippen molar-refractivity contribution in [2.45, 2.75) is 38.5 Å². The molecule has 0 bridgehead atoms. The van der Waals surface area contributed by atoms with Crippen LogP contribution in [0.3, 0.4) is 0 Å². The second-order valence-electron chi connectivity index (χ2n) is 6.61. The van der Waals surface area contributed by atoms with Crippen molar-refractivity contribution >= 4 is 5.91 Å². The summed E-state index contributed by atoms with van der Waals surface area (Å²) < 4.78 is 10.4. The molecule has 0 radical (unpaired) electrons. The normalized spacial score (nSPS) is 15.5. The Hall–Kier alpha value is -2.21. The molecule has 1 saturated heterocycles. The lowest BCUT2D eigenvalue weighted by molar-refractivity contribution is -0.131. The number of rotatable bonds is 6. The van der Waals surface area contributed by atoms with E-state index in [1.54, 1.807) is 7.11 Å². The SMILES string of the molecule is COCCc1noc(C2CCN(C(=O)Cc3cccc(C)c3)CC2)n1. The highest BCUT2D eigenvalue weighted by Crippen LogP contribution is 2.27. The predicted octanol–water partition coefficient (Wildman–Crippen LogP) is 2.52. The van der Waals surface area contributed by atoms with Gasteiger partial charge in [-0.2, -0.15) is 4.98 Å². The maximum absolute atomic E-state index is 12.5. The first-order valence-electron chi connectivity index (χ1n) is 8.80. The van der Waals surface area contributed by atoms with E-state index in [9.17, 15) is 4.79 Å². The summed E-state index contributed by atoms with van der Waals surface area (Å²) >= 11 is 0. The molecule has 1 aliphatic heterocycles. The highest BCUT2D eigenvalue weighted by Gasteiger charge is 2.27. The van der Waals surface area contributed by atoms with Gasteiger partial charge in [0, 0.05) is 32.5 Å². The summed E-state index contributed by atoms with van der Waals surface area (Å²) in [5.74, 6) is 1.81. The van der Waals surface area contributed by atoms with Crippen LogP contribution in [0.4, 0.5) is 0 Å². The highest BCUT2D eigenvalue weighted by atomic mass is 16.5. The minimum Gasteiger partial charge on any atom is -0.384 e. The lowest BCUT2D eigenvalue weighted by Gasteiger charge is -2.30. The molecule has 2 heterocycles. The highest BCUT2D eigenvalue weighted by molar-refractivity contribution is 5.78. The van der Waals surface area contributed by atoms with E-state index in [1.165, 1.54) is 5.56 Å². The van der Waals surface area contributed by atoms with Gasteiger partial charge in [-0.15, -0.1) is 0 Å². The van der Waals surface area contributed by atoms with Crippen LogP contribution in [0.2, 0.25) is 0 Å². The Labute approximate surface area is 148 Å². The third-order valence-corrected chi connectivity index (χ3v) is 4.65. The summed E-state index contributed by atoms with van der Waals surface area (Å²) in [6, 6.07) is 8.13. The lowest BCUT2D eigenvalue weighted by atomic mass is 9.96. The van der Waals surface area contributed by atoms with Gasteiger partial charge in [0.25, 0.3) is 0 Å². The number of carbonyl (C=O) groups is 1. The summed E-state index contributed by atoms with van der Waals surface area (Å²) in [4.78, 5) is 18.9. The van der Waals surface area contributed by atoms with Gasteiger partial charge >= 0.3 is 0 Å². The number of aryl methyl sites for hydroxylation is 1. The molecule has 1 fully saturated rings. The van der Waals surface area contributed by atoms with Gasteiger partial charge in [-0.25, -0.2) is 0 Å². The van der Waals surface area contributed by atoms with Crippen LogP contribution in [-0.2, 0) is 22.4 Å². The minimum atomic E-state index is 0.190. The maximum atomic E-state index is 12.5. The van der Waals surface area contributed by atoms with E-state index in [-0.39, 0.29) is 11.8 Å². The molecule has 6 nitrogen and oxygen atoms in total. The molecule has 0 N–H and O–H groups in total. The van der Waals surface area contributed by atoms with Gasteiger partial charge in [-0.3, -0.25) is 4.79 Å². The molecule has 1 aromatic heterocycles. The molecule has 0 unspecified atom stereocenters. The Bertz CT molecular complexity index is 705. The molecule has 134 valence electrons. The van der Waals surface area contributed by atoms with E-state index in [0.29, 0.717) is 31.2 Å². The van der Waals surface area contributed by atoms with Gasteiger partial charge in [0.2, 0.25) is 11.8 Å². The van der Waals surface area contributed by atoms with E-state index < -0.39 is 0 Å².